The van der Waals surface area contributed by atoms with Crippen molar-refractivity contribution in [1.82, 2.24) is 14.6 Å². The fourth-order valence-corrected chi connectivity index (χ4v) is 1.29. The van der Waals surface area contributed by atoms with Crippen molar-refractivity contribution >= 4 is 23.2 Å². The molecule has 0 atom stereocenters. The van der Waals surface area contributed by atoms with Crippen LogP contribution in [0, 0.1) is 11.8 Å². The number of nitrogens with zero attached hydrogens (tertiary/aromatic N) is 3. The molecule has 0 unspecified atom stereocenters. The van der Waals surface area contributed by atoms with Gasteiger partial charge in [-0.1, -0.05) is 17.5 Å². The second-order valence-electron chi connectivity index (χ2n) is 2.94. The maximum atomic E-state index is 10.3. The first-order chi connectivity index (χ1) is 7.66. The zero-order valence-electron chi connectivity index (χ0n) is 8.01. The van der Waals surface area contributed by atoms with Crippen LogP contribution in [0.5, 0.6) is 0 Å². The molecule has 0 saturated carbocycles. The molecule has 2 rings (SSSR count). The maximum absolute atomic E-state index is 10.3. The van der Waals surface area contributed by atoms with Crippen LogP contribution in [0.2, 0.25) is 5.15 Å². The predicted molar refractivity (Wildman–Crippen MR) is 57.1 cm³/mol. The lowest BCUT2D eigenvalue weighted by Gasteiger charge is -1.93. The lowest BCUT2D eigenvalue weighted by Crippen LogP contribution is -1.95. The standard InChI is InChI=1S/C10H6ClN3O2/c11-8-4-5-9-12-6-7(14(9)13-8)2-1-3-10(15)16/h4-6H,3H2,(H,15,16). The van der Waals surface area contributed by atoms with E-state index in [2.05, 4.69) is 21.9 Å². The summed E-state index contributed by atoms with van der Waals surface area (Å²) in [5.74, 6) is 4.21. The van der Waals surface area contributed by atoms with Crippen LogP contribution in [-0.4, -0.2) is 25.7 Å². The van der Waals surface area contributed by atoms with Gasteiger partial charge in [0.2, 0.25) is 0 Å². The van der Waals surface area contributed by atoms with Crippen molar-refractivity contribution in [2.75, 3.05) is 0 Å². The molecule has 80 valence electrons. The minimum atomic E-state index is -0.965. The van der Waals surface area contributed by atoms with E-state index in [-0.39, 0.29) is 6.42 Å². The molecule has 6 heteroatoms. The fraction of sp³-hybridized carbons (Fsp3) is 0.100. The van der Waals surface area contributed by atoms with E-state index < -0.39 is 5.97 Å². The van der Waals surface area contributed by atoms with Crippen LogP contribution in [0.15, 0.2) is 18.3 Å². The first-order valence-electron chi connectivity index (χ1n) is 4.38. The van der Waals surface area contributed by atoms with E-state index in [1.807, 2.05) is 0 Å². The molecule has 0 fully saturated rings. The summed E-state index contributed by atoms with van der Waals surface area (Å²) in [6.45, 7) is 0. The van der Waals surface area contributed by atoms with Crippen molar-refractivity contribution in [2.45, 2.75) is 6.42 Å². The summed E-state index contributed by atoms with van der Waals surface area (Å²) in [6, 6.07) is 3.33. The van der Waals surface area contributed by atoms with Gasteiger partial charge in [0.05, 0.1) is 6.20 Å². The number of imidazole rings is 1. The Bertz CT molecular complexity index is 609. The number of rotatable bonds is 1. The normalized spacial score (nSPS) is 9.81. The van der Waals surface area contributed by atoms with Gasteiger partial charge in [0, 0.05) is 0 Å². The van der Waals surface area contributed by atoms with E-state index in [0.717, 1.165) is 0 Å². The highest BCUT2D eigenvalue weighted by molar-refractivity contribution is 6.29. The van der Waals surface area contributed by atoms with Crippen LogP contribution in [0.25, 0.3) is 5.65 Å². The summed E-state index contributed by atoms with van der Waals surface area (Å²) in [6.07, 6.45) is 1.31. The van der Waals surface area contributed by atoms with E-state index in [0.29, 0.717) is 16.5 Å². The molecule has 0 spiro atoms. The summed E-state index contributed by atoms with van der Waals surface area (Å²) in [5, 5.41) is 12.8. The van der Waals surface area contributed by atoms with Crippen LogP contribution >= 0.6 is 11.6 Å². The van der Waals surface area contributed by atoms with Gasteiger partial charge in [-0.15, -0.1) is 0 Å². The molecule has 16 heavy (non-hydrogen) atoms. The topological polar surface area (TPSA) is 67.5 Å². The first-order valence-corrected chi connectivity index (χ1v) is 4.75. The average molecular weight is 236 g/mol. The monoisotopic (exact) mass is 235 g/mol. The van der Waals surface area contributed by atoms with Crippen LogP contribution in [-0.2, 0) is 4.79 Å². The molecule has 0 aromatic carbocycles. The molecule has 0 bridgehead atoms. The largest absolute Gasteiger partial charge is 0.481 e. The summed E-state index contributed by atoms with van der Waals surface area (Å²) < 4.78 is 1.47. The lowest BCUT2D eigenvalue weighted by molar-refractivity contribution is -0.135. The van der Waals surface area contributed by atoms with Crippen molar-refractivity contribution in [3.05, 3.63) is 29.2 Å². The number of carboxylic acids is 1. The van der Waals surface area contributed by atoms with E-state index in [4.69, 9.17) is 16.7 Å². The number of fused-ring (bicyclic) bond motifs is 1. The quantitative estimate of drug-likeness (QED) is 0.755. The number of hydrogen-bond donors (Lipinski definition) is 1. The third kappa shape index (κ3) is 2.12. The van der Waals surface area contributed by atoms with Gasteiger partial charge in [0.1, 0.15) is 17.3 Å². The van der Waals surface area contributed by atoms with Gasteiger partial charge in [0.25, 0.3) is 0 Å². The van der Waals surface area contributed by atoms with Crippen LogP contribution in [0.1, 0.15) is 12.1 Å². The molecule has 5 nitrogen and oxygen atoms in total. The summed E-state index contributed by atoms with van der Waals surface area (Å²) in [7, 11) is 0. The Hall–Kier alpha value is -2.06. The zero-order chi connectivity index (χ0) is 11.5. The molecule has 2 heterocycles. The van der Waals surface area contributed by atoms with E-state index in [1.165, 1.54) is 10.7 Å². The molecule has 2 aromatic heterocycles. The Labute approximate surface area is 95.7 Å². The van der Waals surface area contributed by atoms with Gasteiger partial charge >= 0.3 is 5.97 Å². The van der Waals surface area contributed by atoms with Crippen molar-refractivity contribution < 1.29 is 9.90 Å². The second-order valence-corrected chi connectivity index (χ2v) is 3.33. The van der Waals surface area contributed by atoms with E-state index in [9.17, 15) is 4.79 Å². The van der Waals surface area contributed by atoms with E-state index in [1.54, 1.807) is 12.1 Å². The van der Waals surface area contributed by atoms with Crippen LogP contribution < -0.4 is 0 Å². The molecule has 0 radical (unpaired) electrons. The fourth-order valence-electron chi connectivity index (χ4n) is 1.15. The van der Waals surface area contributed by atoms with Crippen molar-refractivity contribution in [3.8, 4) is 11.8 Å². The molecule has 0 aliphatic carbocycles. The highest BCUT2D eigenvalue weighted by Crippen LogP contribution is 2.08. The number of hydrogen-bond acceptors (Lipinski definition) is 3. The maximum Gasteiger partial charge on any atom is 0.315 e. The minimum Gasteiger partial charge on any atom is -0.481 e. The predicted octanol–water partition coefficient (Wildman–Crippen LogP) is 1.21. The Morgan fingerprint density at radius 1 is 1.56 bits per heavy atom. The molecule has 1 N–H and O–H groups in total. The highest BCUT2D eigenvalue weighted by Gasteiger charge is 2.02. The first kappa shape index (κ1) is 10.5. The van der Waals surface area contributed by atoms with Gasteiger partial charge < -0.3 is 5.11 Å². The zero-order valence-corrected chi connectivity index (χ0v) is 8.77. The van der Waals surface area contributed by atoms with Crippen molar-refractivity contribution in [1.29, 1.82) is 0 Å². The van der Waals surface area contributed by atoms with Gasteiger partial charge in [-0.3, -0.25) is 4.79 Å². The summed E-state index contributed by atoms with van der Waals surface area (Å²) >= 11 is 5.73. The lowest BCUT2D eigenvalue weighted by atomic mass is 10.4. The minimum absolute atomic E-state index is 0.214. The number of halogens is 1. The van der Waals surface area contributed by atoms with Gasteiger partial charge in [-0.2, -0.15) is 5.10 Å². The molecule has 0 aliphatic rings. The van der Waals surface area contributed by atoms with Crippen LogP contribution in [0.4, 0.5) is 0 Å². The number of carboxylic acid groups (broad SMARTS) is 1. The van der Waals surface area contributed by atoms with Gasteiger partial charge in [-0.25, -0.2) is 9.50 Å². The number of carbonyl (C=O) groups is 1. The molecule has 0 saturated heterocycles. The Morgan fingerprint density at radius 2 is 2.38 bits per heavy atom. The molecular weight excluding hydrogens is 230 g/mol. The molecule has 2 aromatic rings. The number of aliphatic carboxylic acids is 1. The van der Waals surface area contributed by atoms with Gasteiger partial charge in [0.15, 0.2) is 5.65 Å². The third-order valence-electron chi connectivity index (χ3n) is 1.79. The summed E-state index contributed by atoms with van der Waals surface area (Å²) in [4.78, 5) is 14.3. The average Bonchev–Trinajstić information content (AvgIpc) is 2.60. The third-order valence-corrected chi connectivity index (χ3v) is 1.99. The molecule has 0 amide bonds. The van der Waals surface area contributed by atoms with Crippen LogP contribution in [0.3, 0.4) is 0 Å². The van der Waals surface area contributed by atoms with Crippen molar-refractivity contribution in [3.63, 3.8) is 0 Å². The second kappa shape index (κ2) is 4.21. The SMILES string of the molecule is O=C(O)CC#Cc1cnc2ccc(Cl)nn12. The van der Waals surface area contributed by atoms with Gasteiger partial charge in [-0.05, 0) is 18.1 Å². The summed E-state index contributed by atoms with van der Waals surface area (Å²) in [5.41, 5.74) is 1.13. The molecular formula is C10H6ClN3O2. The van der Waals surface area contributed by atoms with E-state index >= 15 is 0 Å². The number of aromatic nitrogens is 3. The Balaban J connectivity index is 2.40. The van der Waals surface area contributed by atoms with Crippen molar-refractivity contribution in [2.24, 2.45) is 0 Å². The smallest absolute Gasteiger partial charge is 0.315 e. The Morgan fingerprint density at radius 3 is 3.12 bits per heavy atom. The Kier molecular flexibility index (Phi) is 2.75. The highest BCUT2D eigenvalue weighted by atomic mass is 35.5. The molecule has 0 aliphatic heterocycles.